The topological polar surface area (TPSA) is 139 Å². The van der Waals surface area contributed by atoms with Gasteiger partial charge in [-0.25, -0.2) is 24.9 Å². The van der Waals surface area contributed by atoms with Gasteiger partial charge in [0.2, 0.25) is 11.8 Å². The summed E-state index contributed by atoms with van der Waals surface area (Å²) in [4.78, 5) is 31.9. The van der Waals surface area contributed by atoms with Gasteiger partial charge in [0.15, 0.2) is 11.5 Å². The number of hydrogen-bond acceptors (Lipinski definition) is 10. The Morgan fingerprint density at radius 3 is 2.44 bits per heavy atom. The summed E-state index contributed by atoms with van der Waals surface area (Å²) >= 11 is 0. The number of nitriles is 1. The molecule has 6 heterocycles. The lowest BCUT2D eigenvalue weighted by Gasteiger charge is -2.47. The average Bonchev–Trinajstić information content (AvgIpc) is 3.52. The van der Waals surface area contributed by atoms with Gasteiger partial charge < -0.3 is 10.6 Å². The minimum atomic E-state index is 0.173. The van der Waals surface area contributed by atoms with Crippen LogP contribution in [0.5, 0.6) is 0 Å². The van der Waals surface area contributed by atoms with E-state index in [-0.39, 0.29) is 11.2 Å². The Kier molecular flexibility index (Phi) is 7.70. The summed E-state index contributed by atoms with van der Waals surface area (Å²) in [6.45, 7) is 4.81. The fourth-order valence-electron chi connectivity index (χ4n) is 7.23. The van der Waals surface area contributed by atoms with Gasteiger partial charge in [0.05, 0.1) is 11.3 Å². The molecule has 2 aromatic carbocycles. The molecule has 0 amide bonds. The third-order valence-corrected chi connectivity index (χ3v) is 9.77. The molecule has 0 atom stereocenters. The highest BCUT2D eigenvalue weighted by molar-refractivity contribution is 5.84. The molecule has 2 saturated heterocycles. The van der Waals surface area contributed by atoms with E-state index in [1.54, 1.807) is 6.20 Å². The number of aromatic nitrogens is 7. The van der Waals surface area contributed by atoms with Gasteiger partial charge in [-0.1, -0.05) is 42.5 Å². The Hall–Kier alpha value is -5.73. The van der Waals surface area contributed by atoms with Gasteiger partial charge in [0.1, 0.15) is 23.7 Å². The molecule has 238 valence electrons. The Balaban J connectivity index is 1.02. The maximum Gasteiger partial charge on any atom is 0.236 e. The van der Waals surface area contributed by atoms with Crippen molar-refractivity contribution in [3.63, 3.8) is 0 Å². The van der Waals surface area contributed by atoms with Crippen LogP contribution in [-0.4, -0.2) is 65.5 Å². The van der Waals surface area contributed by atoms with Gasteiger partial charge >= 0.3 is 0 Å². The van der Waals surface area contributed by atoms with Gasteiger partial charge in [-0.05, 0) is 86.1 Å². The minimum absolute atomic E-state index is 0.173. The van der Waals surface area contributed by atoms with Crippen molar-refractivity contribution in [2.24, 2.45) is 5.41 Å². The van der Waals surface area contributed by atoms with Gasteiger partial charge in [0, 0.05) is 37.1 Å². The maximum absolute atomic E-state index is 9.24. The molecule has 2 aliphatic rings. The number of rotatable bonds is 6. The van der Waals surface area contributed by atoms with E-state index in [9.17, 15) is 5.26 Å². The molecule has 11 heteroatoms. The molecule has 2 fully saturated rings. The van der Waals surface area contributed by atoms with E-state index in [4.69, 9.17) is 15.7 Å². The van der Waals surface area contributed by atoms with Crippen LogP contribution in [0.2, 0.25) is 0 Å². The van der Waals surface area contributed by atoms with Crippen LogP contribution in [0.25, 0.3) is 39.5 Å². The largest absolute Gasteiger partial charge is 0.383 e. The Morgan fingerprint density at radius 2 is 1.65 bits per heavy atom. The lowest BCUT2D eigenvalue weighted by molar-refractivity contribution is 0.0833. The Morgan fingerprint density at radius 1 is 0.812 bits per heavy atom. The summed E-state index contributed by atoms with van der Waals surface area (Å²) < 4.78 is 2.09. The Labute approximate surface area is 278 Å². The second-order valence-corrected chi connectivity index (χ2v) is 12.8. The third kappa shape index (κ3) is 5.71. The zero-order valence-electron chi connectivity index (χ0n) is 26.6. The van der Waals surface area contributed by atoms with E-state index in [2.05, 4.69) is 70.7 Å². The lowest BCUT2D eigenvalue weighted by atomic mass is 9.72. The van der Waals surface area contributed by atoms with Gasteiger partial charge in [-0.15, -0.1) is 0 Å². The van der Waals surface area contributed by atoms with Gasteiger partial charge in [-0.3, -0.25) is 9.47 Å². The van der Waals surface area contributed by atoms with Crippen LogP contribution in [0.1, 0.15) is 37.1 Å². The first-order valence-corrected chi connectivity index (χ1v) is 16.4. The molecule has 1 spiro atoms. The molecular formula is C37H35N11. The van der Waals surface area contributed by atoms with Crippen molar-refractivity contribution in [1.82, 2.24) is 39.4 Å². The van der Waals surface area contributed by atoms with Crippen LogP contribution < -0.4 is 10.6 Å². The predicted octanol–water partition coefficient (Wildman–Crippen LogP) is 5.67. The monoisotopic (exact) mass is 633 g/mol. The number of hydrogen-bond donors (Lipinski definition) is 1. The number of nitrogen functional groups attached to an aromatic ring is 1. The quantitative estimate of drug-likeness (QED) is 0.244. The first-order valence-electron chi connectivity index (χ1n) is 16.4. The molecule has 0 saturated carbocycles. The van der Waals surface area contributed by atoms with E-state index in [0.717, 1.165) is 85.7 Å². The number of benzene rings is 2. The molecule has 4 aromatic heterocycles. The SMILES string of the molecule is N#Cc1ncnc(N2CCCC3(CCN(Cc4ccc(-n5c(-c6cccnc6N)nc6ccc(-c7ccccc7)nc65)cc4)CC3)C2)n1. The molecule has 2 aliphatic heterocycles. The number of likely N-dealkylation sites (tertiary alicyclic amines) is 1. The number of nitrogens with two attached hydrogens (primary N) is 1. The highest BCUT2D eigenvalue weighted by Crippen LogP contribution is 2.41. The second kappa shape index (κ2) is 12.5. The normalized spacial score (nSPS) is 16.3. The first-order chi connectivity index (χ1) is 23.6. The van der Waals surface area contributed by atoms with Crippen molar-refractivity contribution in [1.29, 1.82) is 5.26 Å². The van der Waals surface area contributed by atoms with Gasteiger partial charge in [-0.2, -0.15) is 10.2 Å². The summed E-state index contributed by atoms with van der Waals surface area (Å²) in [7, 11) is 0. The van der Waals surface area contributed by atoms with Crippen LogP contribution in [0.15, 0.2) is 91.4 Å². The van der Waals surface area contributed by atoms with Crippen LogP contribution in [-0.2, 0) is 6.54 Å². The van der Waals surface area contributed by atoms with Crippen molar-refractivity contribution in [3.8, 4) is 34.4 Å². The van der Waals surface area contributed by atoms with Crippen molar-refractivity contribution >= 4 is 22.9 Å². The molecule has 0 radical (unpaired) electrons. The zero-order chi connectivity index (χ0) is 32.5. The lowest BCUT2D eigenvalue weighted by Crippen LogP contribution is -2.50. The summed E-state index contributed by atoms with van der Waals surface area (Å²) in [5, 5.41) is 9.24. The van der Waals surface area contributed by atoms with Crippen LogP contribution in [0.3, 0.4) is 0 Å². The first kappa shape index (κ1) is 29.7. The summed E-state index contributed by atoms with van der Waals surface area (Å²) in [6.07, 6.45) is 7.71. The smallest absolute Gasteiger partial charge is 0.236 e. The minimum Gasteiger partial charge on any atom is -0.383 e. The number of pyridine rings is 2. The van der Waals surface area contributed by atoms with Crippen molar-refractivity contribution < 1.29 is 0 Å². The second-order valence-electron chi connectivity index (χ2n) is 12.8. The fourth-order valence-corrected chi connectivity index (χ4v) is 7.23. The number of piperidine rings is 2. The van der Waals surface area contributed by atoms with E-state index < -0.39 is 0 Å². The number of nitrogens with zero attached hydrogens (tertiary/aromatic N) is 10. The predicted molar refractivity (Wildman–Crippen MR) is 185 cm³/mol. The van der Waals surface area contributed by atoms with Gasteiger partial charge in [0.25, 0.3) is 0 Å². The van der Waals surface area contributed by atoms with Crippen LogP contribution in [0.4, 0.5) is 11.8 Å². The summed E-state index contributed by atoms with van der Waals surface area (Å²) in [6, 6.07) is 28.8. The van der Waals surface area contributed by atoms with E-state index >= 15 is 0 Å². The molecule has 8 rings (SSSR count). The number of imidazole rings is 1. The molecule has 6 aromatic rings. The van der Waals surface area contributed by atoms with Crippen molar-refractivity contribution in [2.75, 3.05) is 36.8 Å². The number of fused-ring (bicyclic) bond motifs is 1. The molecule has 0 aliphatic carbocycles. The summed E-state index contributed by atoms with van der Waals surface area (Å²) in [5.41, 5.74) is 13.1. The van der Waals surface area contributed by atoms with E-state index in [1.807, 2.05) is 48.5 Å². The number of anilines is 2. The van der Waals surface area contributed by atoms with Crippen molar-refractivity contribution in [2.45, 2.75) is 32.2 Å². The van der Waals surface area contributed by atoms with E-state index in [1.165, 1.54) is 18.3 Å². The van der Waals surface area contributed by atoms with Crippen LogP contribution in [0, 0.1) is 16.7 Å². The standard InChI is InChI=1S/C37H35N11/c38-22-32-41-25-42-36(45-32)47-19-5-15-37(24-47)16-20-46(21-17-37)23-26-9-11-28(12-10-26)48-34(29-8-4-18-40-33(29)39)44-31-14-13-30(43-35(31)48)27-6-2-1-3-7-27/h1-4,6-14,18,25H,5,15-17,19-21,23-24H2,(H2,39,40). The maximum atomic E-state index is 9.24. The highest BCUT2D eigenvalue weighted by atomic mass is 15.3. The zero-order valence-corrected chi connectivity index (χ0v) is 26.6. The average molecular weight is 634 g/mol. The molecule has 48 heavy (non-hydrogen) atoms. The fraction of sp³-hybridized carbons (Fsp3) is 0.270. The summed E-state index contributed by atoms with van der Waals surface area (Å²) in [5.74, 6) is 1.94. The molecule has 0 bridgehead atoms. The molecule has 0 unspecified atom stereocenters. The highest BCUT2D eigenvalue weighted by Gasteiger charge is 2.39. The molecular weight excluding hydrogens is 598 g/mol. The third-order valence-electron chi connectivity index (χ3n) is 9.77. The van der Waals surface area contributed by atoms with Crippen LogP contribution >= 0.6 is 0 Å². The van der Waals surface area contributed by atoms with E-state index in [0.29, 0.717) is 17.6 Å². The van der Waals surface area contributed by atoms with Crippen molar-refractivity contribution in [3.05, 3.63) is 103 Å². The molecule has 11 nitrogen and oxygen atoms in total. The Bertz CT molecular complexity index is 2110. The molecule has 2 N–H and O–H groups in total.